The molecule has 1 aliphatic rings. The number of hydrogen-bond donors (Lipinski definition) is 2. The van der Waals surface area contributed by atoms with E-state index in [1.54, 1.807) is 0 Å². The van der Waals surface area contributed by atoms with E-state index >= 15 is 0 Å². The molecular weight excluding hydrogens is 280 g/mol. The second kappa shape index (κ2) is 6.17. The van der Waals surface area contributed by atoms with Gasteiger partial charge in [-0.25, -0.2) is 4.98 Å². The molecule has 1 aliphatic carbocycles. The fraction of sp³-hybridized carbons (Fsp3) is 0.438. The van der Waals surface area contributed by atoms with Crippen LogP contribution in [-0.2, 0) is 22.6 Å². The zero-order chi connectivity index (χ0) is 15.5. The van der Waals surface area contributed by atoms with Crippen LogP contribution in [0.1, 0.15) is 25.6 Å². The van der Waals surface area contributed by atoms with Gasteiger partial charge >= 0.3 is 0 Å². The van der Waals surface area contributed by atoms with E-state index < -0.39 is 0 Å². The van der Waals surface area contributed by atoms with Gasteiger partial charge in [-0.15, -0.1) is 0 Å². The summed E-state index contributed by atoms with van der Waals surface area (Å²) in [5.74, 6) is 0.779. The predicted octanol–water partition coefficient (Wildman–Crippen LogP) is 0.994. The summed E-state index contributed by atoms with van der Waals surface area (Å²) in [6.45, 7) is 2.28. The molecule has 1 heterocycles. The van der Waals surface area contributed by atoms with E-state index in [1.807, 2.05) is 28.8 Å². The Kier molecular flexibility index (Phi) is 4.09. The first kappa shape index (κ1) is 14.6. The molecule has 0 saturated heterocycles. The van der Waals surface area contributed by atoms with Gasteiger partial charge in [-0.05, 0) is 25.0 Å². The largest absolute Gasteiger partial charge is 0.356 e. The van der Waals surface area contributed by atoms with E-state index in [0.717, 1.165) is 29.7 Å². The van der Waals surface area contributed by atoms with Crippen molar-refractivity contribution in [3.63, 3.8) is 0 Å². The van der Waals surface area contributed by atoms with Gasteiger partial charge in [0.25, 0.3) is 0 Å². The van der Waals surface area contributed by atoms with Crippen molar-refractivity contribution in [2.45, 2.75) is 38.8 Å². The average molecular weight is 300 g/mol. The number of amides is 2. The van der Waals surface area contributed by atoms with E-state index in [2.05, 4.69) is 15.6 Å². The molecule has 1 fully saturated rings. The molecule has 1 saturated carbocycles. The molecule has 0 aliphatic heterocycles. The first-order valence-electron chi connectivity index (χ1n) is 7.61. The van der Waals surface area contributed by atoms with Gasteiger partial charge in [0.2, 0.25) is 11.8 Å². The minimum Gasteiger partial charge on any atom is -0.356 e. The van der Waals surface area contributed by atoms with Gasteiger partial charge in [0.15, 0.2) is 0 Å². The van der Waals surface area contributed by atoms with Crippen LogP contribution in [0.25, 0.3) is 11.0 Å². The normalized spacial score (nSPS) is 14.0. The monoisotopic (exact) mass is 300 g/mol. The van der Waals surface area contributed by atoms with Crippen LogP contribution in [0.4, 0.5) is 0 Å². The highest BCUT2D eigenvalue weighted by Gasteiger charge is 2.24. The third-order valence-electron chi connectivity index (χ3n) is 3.70. The molecular formula is C16H20N4O2. The minimum atomic E-state index is -0.0610. The average Bonchev–Trinajstić information content (AvgIpc) is 3.22. The molecule has 2 N–H and O–H groups in total. The van der Waals surface area contributed by atoms with Crippen LogP contribution in [0.15, 0.2) is 24.3 Å². The van der Waals surface area contributed by atoms with Gasteiger partial charge in [-0.3, -0.25) is 9.59 Å². The number of carbonyl (C=O) groups is 2. The summed E-state index contributed by atoms with van der Waals surface area (Å²) in [6.07, 6.45) is 2.75. The third kappa shape index (κ3) is 3.44. The summed E-state index contributed by atoms with van der Waals surface area (Å²) in [5, 5.41) is 5.77. The zero-order valence-electron chi connectivity index (χ0n) is 12.6. The van der Waals surface area contributed by atoms with Crippen LogP contribution < -0.4 is 10.6 Å². The van der Waals surface area contributed by atoms with Crippen molar-refractivity contribution < 1.29 is 9.59 Å². The van der Waals surface area contributed by atoms with E-state index in [4.69, 9.17) is 0 Å². The Bertz CT molecular complexity index is 703. The lowest BCUT2D eigenvalue weighted by Gasteiger charge is -2.10. The van der Waals surface area contributed by atoms with Gasteiger partial charge in [0, 0.05) is 25.9 Å². The number of hydrogen-bond acceptors (Lipinski definition) is 3. The number of fused-ring (bicyclic) bond motifs is 1. The van der Waals surface area contributed by atoms with Gasteiger partial charge in [0.1, 0.15) is 12.4 Å². The molecule has 1 aromatic carbocycles. The Morgan fingerprint density at radius 3 is 2.82 bits per heavy atom. The molecule has 116 valence electrons. The molecule has 6 heteroatoms. The third-order valence-corrected chi connectivity index (χ3v) is 3.70. The fourth-order valence-corrected chi connectivity index (χ4v) is 2.49. The highest BCUT2D eigenvalue weighted by atomic mass is 16.2. The van der Waals surface area contributed by atoms with E-state index in [9.17, 15) is 9.59 Å². The minimum absolute atomic E-state index is 0.0198. The van der Waals surface area contributed by atoms with E-state index in [-0.39, 0.29) is 18.4 Å². The summed E-state index contributed by atoms with van der Waals surface area (Å²) < 4.78 is 1.94. The number of aromatic nitrogens is 2. The first-order valence-corrected chi connectivity index (χ1v) is 7.61. The maximum atomic E-state index is 12.1. The summed E-state index contributed by atoms with van der Waals surface area (Å²) in [5.41, 5.74) is 1.82. The molecule has 6 nitrogen and oxygen atoms in total. The molecule has 0 bridgehead atoms. The second-order valence-electron chi connectivity index (χ2n) is 5.68. The smallest absolute Gasteiger partial charge is 0.240 e. The standard InChI is InChI=1S/C16H20N4O2/c1-11(21)17-9-8-15-19-13-4-2-3-5-14(13)20(15)10-16(22)18-12-6-7-12/h2-5,12H,6-10H2,1H3,(H,17,21)(H,18,22). The second-order valence-corrected chi connectivity index (χ2v) is 5.68. The first-order chi connectivity index (χ1) is 10.6. The van der Waals surface area contributed by atoms with Gasteiger partial charge in [-0.2, -0.15) is 0 Å². The number of carbonyl (C=O) groups excluding carboxylic acids is 2. The van der Waals surface area contributed by atoms with Crippen molar-refractivity contribution in [3.8, 4) is 0 Å². The van der Waals surface area contributed by atoms with Crippen molar-refractivity contribution in [1.82, 2.24) is 20.2 Å². The lowest BCUT2D eigenvalue weighted by atomic mass is 10.3. The molecule has 1 aromatic heterocycles. The van der Waals surface area contributed by atoms with Crippen molar-refractivity contribution in [3.05, 3.63) is 30.1 Å². The van der Waals surface area contributed by atoms with Crippen LogP contribution >= 0.6 is 0 Å². The molecule has 22 heavy (non-hydrogen) atoms. The Morgan fingerprint density at radius 1 is 1.32 bits per heavy atom. The molecule has 0 atom stereocenters. The summed E-state index contributed by atoms with van der Waals surface area (Å²) in [4.78, 5) is 27.7. The van der Waals surface area contributed by atoms with Crippen LogP contribution in [-0.4, -0.2) is 34.0 Å². The van der Waals surface area contributed by atoms with E-state index in [0.29, 0.717) is 19.0 Å². The lowest BCUT2D eigenvalue weighted by molar-refractivity contribution is -0.122. The summed E-state index contributed by atoms with van der Waals surface area (Å²) >= 11 is 0. The highest BCUT2D eigenvalue weighted by Crippen LogP contribution is 2.19. The number of para-hydroxylation sites is 2. The maximum absolute atomic E-state index is 12.1. The Morgan fingerprint density at radius 2 is 2.09 bits per heavy atom. The van der Waals surface area contributed by atoms with Crippen molar-refractivity contribution in [1.29, 1.82) is 0 Å². The predicted molar refractivity (Wildman–Crippen MR) is 83.3 cm³/mol. The number of nitrogens with zero attached hydrogens (tertiary/aromatic N) is 2. The number of benzene rings is 1. The summed E-state index contributed by atoms with van der Waals surface area (Å²) in [7, 11) is 0. The van der Waals surface area contributed by atoms with Crippen molar-refractivity contribution in [2.75, 3.05) is 6.54 Å². The van der Waals surface area contributed by atoms with Gasteiger partial charge in [0.05, 0.1) is 11.0 Å². The zero-order valence-corrected chi connectivity index (χ0v) is 12.6. The van der Waals surface area contributed by atoms with Crippen LogP contribution in [0.5, 0.6) is 0 Å². The molecule has 0 spiro atoms. The van der Waals surface area contributed by atoms with Crippen LogP contribution in [0.3, 0.4) is 0 Å². The Hall–Kier alpha value is -2.37. The van der Waals surface area contributed by atoms with Gasteiger partial charge in [-0.1, -0.05) is 12.1 Å². The molecule has 2 amide bonds. The number of rotatable bonds is 6. The number of nitrogens with one attached hydrogen (secondary N) is 2. The number of imidazole rings is 1. The molecule has 2 aromatic rings. The quantitative estimate of drug-likeness (QED) is 0.835. The Balaban J connectivity index is 1.80. The van der Waals surface area contributed by atoms with Crippen molar-refractivity contribution in [2.24, 2.45) is 0 Å². The van der Waals surface area contributed by atoms with Gasteiger partial charge < -0.3 is 15.2 Å². The highest BCUT2D eigenvalue weighted by molar-refractivity contribution is 5.81. The SMILES string of the molecule is CC(=O)NCCc1nc2ccccc2n1CC(=O)NC1CC1. The Labute approximate surface area is 128 Å². The molecule has 0 unspecified atom stereocenters. The van der Waals surface area contributed by atoms with Crippen molar-refractivity contribution >= 4 is 22.8 Å². The maximum Gasteiger partial charge on any atom is 0.240 e. The van der Waals surface area contributed by atoms with Crippen LogP contribution in [0, 0.1) is 0 Å². The van der Waals surface area contributed by atoms with Crippen LogP contribution in [0.2, 0.25) is 0 Å². The topological polar surface area (TPSA) is 76.0 Å². The lowest BCUT2D eigenvalue weighted by Crippen LogP contribution is -2.30. The van der Waals surface area contributed by atoms with E-state index in [1.165, 1.54) is 6.92 Å². The summed E-state index contributed by atoms with van der Waals surface area (Å²) in [6, 6.07) is 8.13. The fourth-order valence-electron chi connectivity index (χ4n) is 2.49. The molecule has 0 radical (unpaired) electrons. The molecule has 3 rings (SSSR count).